The molecule has 4 aromatic carbocycles. The van der Waals surface area contributed by atoms with Gasteiger partial charge in [-0.05, 0) is 27.8 Å². The van der Waals surface area contributed by atoms with E-state index in [0.29, 0.717) is 11.1 Å². The molecule has 0 heterocycles. The molecule has 4 rings (SSSR count). The van der Waals surface area contributed by atoms with Crippen molar-refractivity contribution < 1.29 is 13.0 Å². The molecule has 32 heavy (non-hydrogen) atoms. The van der Waals surface area contributed by atoms with Crippen molar-refractivity contribution in [3.8, 4) is 11.1 Å². The van der Waals surface area contributed by atoms with Gasteiger partial charge >= 0.3 is 0 Å². The van der Waals surface area contributed by atoms with Crippen molar-refractivity contribution in [2.45, 2.75) is 4.90 Å². The van der Waals surface area contributed by atoms with Gasteiger partial charge in [-0.2, -0.15) is 8.42 Å². The lowest BCUT2D eigenvalue weighted by Crippen LogP contribution is -2.04. The fraction of sp³-hybridized carbons (Fsp3) is 0. The molecule has 0 aliphatic heterocycles. The van der Waals surface area contributed by atoms with Gasteiger partial charge in [0.25, 0.3) is 10.1 Å². The molecule has 3 nitrogen and oxygen atoms in total. The maximum absolute atomic E-state index is 12.5. The Hall–Kier alpha value is -3.73. The Morgan fingerprint density at radius 1 is 0.500 bits per heavy atom. The molecule has 158 valence electrons. The molecule has 4 heteroatoms. The first-order chi connectivity index (χ1) is 15.5. The molecule has 0 saturated heterocycles. The van der Waals surface area contributed by atoms with E-state index in [9.17, 15) is 13.0 Å². The minimum atomic E-state index is -4.48. The van der Waals surface area contributed by atoms with Crippen LogP contribution in [0.15, 0.2) is 108 Å². The minimum absolute atomic E-state index is 0.104. The van der Waals surface area contributed by atoms with E-state index >= 15 is 0 Å². The first kappa shape index (κ1) is 21.5. The number of benzene rings is 4. The molecule has 4 aromatic rings. The van der Waals surface area contributed by atoms with Crippen molar-refractivity contribution in [2.24, 2.45) is 0 Å². The van der Waals surface area contributed by atoms with Gasteiger partial charge in [0.15, 0.2) is 0 Å². The maximum atomic E-state index is 12.5. The van der Waals surface area contributed by atoms with Crippen LogP contribution in [-0.4, -0.2) is 13.0 Å². The lowest BCUT2D eigenvalue weighted by atomic mass is 9.97. The lowest BCUT2D eigenvalue weighted by Gasteiger charge is -2.13. The second-order valence-electron chi connectivity index (χ2n) is 7.27. The Balaban J connectivity index is 1.83. The summed E-state index contributed by atoms with van der Waals surface area (Å²) in [4.78, 5) is -0.104. The van der Waals surface area contributed by atoms with Gasteiger partial charge < -0.3 is 0 Å². The number of rotatable bonds is 6. The van der Waals surface area contributed by atoms with Crippen LogP contribution in [-0.2, 0) is 10.1 Å². The molecule has 0 radical (unpaired) electrons. The van der Waals surface area contributed by atoms with Crippen LogP contribution in [0.2, 0.25) is 0 Å². The third kappa shape index (κ3) is 5.11. The molecule has 0 aliphatic carbocycles. The van der Waals surface area contributed by atoms with E-state index in [2.05, 4.69) is 0 Å². The zero-order valence-electron chi connectivity index (χ0n) is 17.3. The first-order valence-corrected chi connectivity index (χ1v) is 11.6. The Morgan fingerprint density at radius 2 is 0.969 bits per heavy atom. The molecule has 1 N–H and O–H groups in total. The first-order valence-electron chi connectivity index (χ1n) is 10.2. The molecule has 0 unspecified atom stereocenters. The van der Waals surface area contributed by atoms with Crippen LogP contribution in [0.1, 0.15) is 22.3 Å². The van der Waals surface area contributed by atoms with Crippen LogP contribution in [0.25, 0.3) is 35.4 Å². The Morgan fingerprint density at radius 3 is 1.56 bits per heavy atom. The molecule has 0 fully saturated rings. The number of hydrogen-bond donors (Lipinski definition) is 1. The Kier molecular flexibility index (Phi) is 6.45. The minimum Gasteiger partial charge on any atom is -0.282 e. The topological polar surface area (TPSA) is 54.4 Å². The second kappa shape index (κ2) is 9.60. The van der Waals surface area contributed by atoms with Crippen LogP contribution in [0, 0.1) is 0 Å². The molecular formula is C28H22O3S. The third-order valence-electron chi connectivity index (χ3n) is 5.06. The van der Waals surface area contributed by atoms with Crippen molar-refractivity contribution in [1.29, 1.82) is 0 Å². The van der Waals surface area contributed by atoms with E-state index in [-0.39, 0.29) is 4.90 Å². The van der Waals surface area contributed by atoms with Gasteiger partial charge in [0.1, 0.15) is 4.90 Å². The van der Waals surface area contributed by atoms with Crippen molar-refractivity contribution in [2.75, 3.05) is 0 Å². The van der Waals surface area contributed by atoms with Crippen molar-refractivity contribution in [1.82, 2.24) is 0 Å². The largest absolute Gasteiger partial charge is 0.295 e. The highest BCUT2D eigenvalue weighted by Crippen LogP contribution is 2.34. The summed E-state index contributed by atoms with van der Waals surface area (Å²) in [5, 5.41) is 0. The maximum Gasteiger partial charge on any atom is 0.295 e. The highest BCUT2D eigenvalue weighted by molar-refractivity contribution is 7.86. The van der Waals surface area contributed by atoms with Gasteiger partial charge in [-0.15, -0.1) is 0 Å². The predicted molar refractivity (Wildman–Crippen MR) is 132 cm³/mol. The smallest absolute Gasteiger partial charge is 0.282 e. The van der Waals surface area contributed by atoms with Crippen LogP contribution >= 0.6 is 0 Å². The molecule has 0 aliphatic rings. The summed E-state index contributed by atoms with van der Waals surface area (Å²) in [5.41, 5.74) is 4.43. The van der Waals surface area contributed by atoms with E-state index in [1.54, 1.807) is 24.3 Å². The average Bonchev–Trinajstić information content (AvgIpc) is 2.82. The van der Waals surface area contributed by atoms with Gasteiger partial charge in [-0.1, -0.05) is 127 Å². The van der Waals surface area contributed by atoms with Gasteiger partial charge in [0.2, 0.25) is 0 Å². The fourth-order valence-corrected chi connectivity index (χ4v) is 4.46. The van der Waals surface area contributed by atoms with Gasteiger partial charge in [-0.3, -0.25) is 4.55 Å². The summed E-state index contributed by atoms with van der Waals surface area (Å²) in [5.74, 6) is 0. The fourth-order valence-electron chi connectivity index (χ4n) is 3.57. The molecule has 0 amide bonds. The van der Waals surface area contributed by atoms with Gasteiger partial charge in [0.05, 0.1) is 0 Å². The summed E-state index contributed by atoms with van der Waals surface area (Å²) < 4.78 is 35.0. The van der Waals surface area contributed by atoms with Crippen LogP contribution in [0.5, 0.6) is 0 Å². The predicted octanol–water partition coefficient (Wildman–Crippen LogP) is 6.94. The van der Waals surface area contributed by atoms with E-state index in [4.69, 9.17) is 0 Å². The van der Waals surface area contributed by atoms with Crippen molar-refractivity contribution >= 4 is 34.4 Å². The van der Waals surface area contributed by atoms with Gasteiger partial charge in [0, 0.05) is 5.56 Å². The highest BCUT2D eigenvalue weighted by atomic mass is 32.2. The van der Waals surface area contributed by atoms with Crippen LogP contribution in [0.3, 0.4) is 0 Å². The zero-order valence-corrected chi connectivity index (χ0v) is 18.1. The molecule has 0 saturated carbocycles. The van der Waals surface area contributed by atoms with Crippen LogP contribution in [0.4, 0.5) is 0 Å². The SMILES string of the molecule is O=S(=O)(O)c1c(/C=C/c2ccccc2)cccc1-c1ccccc1/C=C/c1ccccc1. The number of hydrogen-bond acceptors (Lipinski definition) is 2. The van der Waals surface area contributed by atoms with E-state index in [1.165, 1.54) is 0 Å². The summed E-state index contributed by atoms with van der Waals surface area (Å²) in [6, 6.07) is 32.2. The van der Waals surface area contributed by atoms with E-state index < -0.39 is 10.1 Å². The molecular weight excluding hydrogens is 416 g/mol. The van der Waals surface area contributed by atoms with E-state index in [1.807, 2.05) is 103 Å². The lowest BCUT2D eigenvalue weighted by molar-refractivity contribution is 0.483. The zero-order chi connectivity index (χ0) is 22.4. The Labute approximate surface area is 188 Å². The highest BCUT2D eigenvalue weighted by Gasteiger charge is 2.21. The van der Waals surface area contributed by atoms with Crippen molar-refractivity contribution in [3.63, 3.8) is 0 Å². The quantitative estimate of drug-likeness (QED) is 0.262. The monoisotopic (exact) mass is 438 g/mol. The van der Waals surface area contributed by atoms with Gasteiger partial charge in [-0.25, -0.2) is 0 Å². The molecule has 0 spiro atoms. The average molecular weight is 439 g/mol. The normalized spacial score (nSPS) is 11.9. The molecule has 0 atom stereocenters. The van der Waals surface area contributed by atoms with E-state index in [0.717, 1.165) is 22.3 Å². The summed E-state index contributed by atoms with van der Waals surface area (Å²) in [7, 11) is -4.48. The summed E-state index contributed by atoms with van der Waals surface area (Å²) >= 11 is 0. The molecule has 0 bridgehead atoms. The Bertz CT molecular complexity index is 1370. The summed E-state index contributed by atoms with van der Waals surface area (Å²) in [6.45, 7) is 0. The third-order valence-corrected chi connectivity index (χ3v) is 6.04. The van der Waals surface area contributed by atoms with Crippen molar-refractivity contribution in [3.05, 3.63) is 125 Å². The standard InChI is InChI=1S/C28H22O3S/c29-32(30,31)28-25(21-19-23-12-5-2-6-13-23)15-9-17-27(28)26-16-8-7-14-24(26)20-18-22-10-3-1-4-11-22/h1-21H,(H,29,30,31)/b20-18+,21-19+. The molecule has 0 aromatic heterocycles. The second-order valence-corrected chi connectivity index (χ2v) is 8.63. The van der Waals surface area contributed by atoms with Crippen LogP contribution < -0.4 is 0 Å². The summed E-state index contributed by atoms with van der Waals surface area (Å²) in [6.07, 6.45) is 7.47.